The molecule has 0 fully saturated rings. The highest BCUT2D eigenvalue weighted by Gasteiger charge is 2.43. The molecule has 6 nitrogen and oxygen atoms in total. The molecule has 5 rings (SSSR count). The largest absolute Gasteiger partial charge is 0.493 e. The Kier molecular flexibility index (Phi) is 6.04. The van der Waals surface area contributed by atoms with Crippen LogP contribution in [0.4, 0.5) is 0 Å². The monoisotopic (exact) mass is 483 g/mol. The molecule has 3 aromatic carbocycles. The van der Waals surface area contributed by atoms with Gasteiger partial charge in [0.2, 0.25) is 5.76 Å². The van der Waals surface area contributed by atoms with E-state index in [1.54, 1.807) is 12.0 Å². The summed E-state index contributed by atoms with van der Waals surface area (Å²) >= 11 is 0. The van der Waals surface area contributed by atoms with Crippen molar-refractivity contribution in [2.45, 2.75) is 40.3 Å². The molecule has 0 saturated carbocycles. The smallest absolute Gasteiger partial charge is 0.291 e. The first-order chi connectivity index (χ1) is 17.3. The van der Waals surface area contributed by atoms with E-state index in [1.807, 2.05) is 82.3 Å². The maximum Gasteiger partial charge on any atom is 0.291 e. The Balaban J connectivity index is 1.73. The van der Waals surface area contributed by atoms with Crippen LogP contribution < -0.4 is 14.9 Å². The molecule has 0 spiro atoms. The van der Waals surface area contributed by atoms with Gasteiger partial charge in [-0.1, -0.05) is 42.0 Å². The fraction of sp³-hybridized carbons (Fsp3) is 0.267. The molecule has 0 saturated heterocycles. The Labute approximate surface area is 210 Å². The van der Waals surface area contributed by atoms with E-state index in [4.69, 9.17) is 13.9 Å². The van der Waals surface area contributed by atoms with Gasteiger partial charge in [0, 0.05) is 6.54 Å². The van der Waals surface area contributed by atoms with Crippen molar-refractivity contribution in [3.8, 4) is 11.5 Å². The molecule has 1 aliphatic heterocycles. The maximum absolute atomic E-state index is 13.9. The van der Waals surface area contributed by atoms with E-state index < -0.39 is 6.04 Å². The number of methoxy groups -OCH3 is 1. The highest BCUT2D eigenvalue weighted by molar-refractivity contribution is 5.99. The van der Waals surface area contributed by atoms with Gasteiger partial charge in [0.25, 0.3) is 5.91 Å². The zero-order valence-electron chi connectivity index (χ0n) is 21.2. The number of benzene rings is 3. The lowest BCUT2D eigenvalue weighted by Crippen LogP contribution is -2.29. The van der Waals surface area contributed by atoms with Gasteiger partial charge in [-0.15, -0.1) is 0 Å². The highest BCUT2D eigenvalue weighted by atomic mass is 16.5. The standard InChI is InChI=1S/C30H29NO5/c1-6-35-23-12-11-21(15-24(23)34-5)26-25-27(32)22-14-18(3)13-19(4)28(22)36-29(25)30(33)31(26)16-20-9-7-17(2)8-10-20/h7-15,26H,6,16H2,1-5H3. The molecule has 0 radical (unpaired) electrons. The van der Waals surface area contributed by atoms with Crippen LogP contribution in [0.25, 0.3) is 11.0 Å². The number of carbonyl (C=O) groups is 1. The second-order valence-corrected chi connectivity index (χ2v) is 9.30. The molecule has 0 N–H and O–H groups in total. The third-order valence-electron chi connectivity index (χ3n) is 6.67. The average molecular weight is 484 g/mol. The molecule has 6 heteroatoms. The van der Waals surface area contributed by atoms with Crippen LogP contribution in [-0.4, -0.2) is 24.5 Å². The lowest BCUT2D eigenvalue weighted by atomic mass is 9.96. The number of nitrogens with zero attached hydrogens (tertiary/aromatic N) is 1. The molecule has 1 aromatic heterocycles. The summed E-state index contributed by atoms with van der Waals surface area (Å²) in [6.07, 6.45) is 0. The topological polar surface area (TPSA) is 69.0 Å². The minimum atomic E-state index is -0.625. The third kappa shape index (κ3) is 3.92. The van der Waals surface area contributed by atoms with Gasteiger partial charge in [0.05, 0.1) is 30.7 Å². The highest BCUT2D eigenvalue weighted by Crippen LogP contribution is 2.42. The number of hydrogen-bond donors (Lipinski definition) is 0. The van der Waals surface area contributed by atoms with Crippen molar-refractivity contribution in [3.05, 3.63) is 104 Å². The molecule has 1 amide bonds. The summed E-state index contributed by atoms with van der Waals surface area (Å²) in [7, 11) is 1.58. The minimum Gasteiger partial charge on any atom is -0.493 e. The lowest BCUT2D eigenvalue weighted by molar-refractivity contribution is 0.0714. The van der Waals surface area contributed by atoms with Gasteiger partial charge < -0.3 is 18.8 Å². The van der Waals surface area contributed by atoms with Crippen LogP contribution >= 0.6 is 0 Å². The summed E-state index contributed by atoms with van der Waals surface area (Å²) in [5.41, 5.74) is 5.28. The van der Waals surface area contributed by atoms with Crippen molar-refractivity contribution in [2.24, 2.45) is 0 Å². The lowest BCUT2D eigenvalue weighted by Gasteiger charge is -2.26. The van der Waals surface area contributed by atoms with Crippen LogP contribution in [0, 0.1) is 20.8 Å². The van der Waals surface area contributed by atoms with Gasteiger partial charge in [-0.2, -0.15) is 0 Å². The summed E-state index contributed by atoms with van der Waals surface area (Å²) in [6, 6.07) is 16.7. The molecule has 1 atom stereocenters. The second kappa shape index (κ2) is 9.19. The Bertz CT molecular complexity index is 1530. The molecule has 4 aromatic rings. The van der Waals surface area contributed by atoms with E-state index in [2.05, 4.69) is 0 Å². The van der Waals surface area contributed by atoms with E-state index in [-0.39, 0.29) is 17.1 Å². The number of rotatable bonds is 6. The van der Waals surface area contributed by atoms with Gasteiger partial charge >= 0.3 is 0 Å². The number of fused-ring (bicyclic) bond motifs is 2. The molecule has 2 heterocycles. The summed E-state index contributed by atoms with van der Waals surface area (Å²) < 4.78 is 17.5. The van der Waals surface area contributed by atoms with Crippen LogP contribution in [0.2, 0.25) is 0 Å². The third-order valence-corrected chi connectivity index (χ3v) is 6.67. The molecule has 184 valence electrons. The normalized spacial score (nSPS) is 14.9. The first-order valence-electron chi connectivity index (χ1n) is 12.1. The van der Waals surface area contributed by atoms with Crippen LogP contribution in [0.3, 0.4) is 0 Å². The quantitative estimate of drug-likeness (QED) is 0.343. The predicted octanol–water partition coefficient (Wildman–Crippen LogP) is 5.87. The Morgan fingerprint density at radius 3 is 2.36 bits per heavy atom. The second-order valence-electron chi connectivity index (χ2n) is 9.30. The summed E-state index contributed by atoms with van der Waals surface area (Å²) in [5.74, 6) is 0.949. The van der Waals surface area contributed by atoms with E-state index in [0.717, 1.165) is 27.8 Å². The summed E-state index contributed by atoms with van der Waals surface area (Å²) in [6.45, 7) is 8.59. The van der Waals surface area contributed by atoms with E-state index in [0.29, 0.717) is 41.2 Å². The molecular formula is C30H29NO5. The van der Waals surface area contributed by atoms with Crippen LogP contribution in [0.1, 0.15) is 56.9 Å². The first-order valence-corrected chi connectivity index (χ1v) is 12.1. The molecule has 36 heavy (non-hydrogen) atoms. The zero-order valence-corrected chi connectivity index (χ0v) is 21.2. The Morgan fingerprint density at radius 2 is 1.67 bits per heavy atom. The van der Waals surface area contributed by atoms with Crippen molar-refractivity contribution in [1.29, 1.82) is 0 Å². The number of amides is 1. The summed E-state index contributed by atoms with van der Waals surface area (Å²) in [4.78, 5) is 29.4. The van der Waals surface area contributed by atoms with E-state index >= 15 is 0 Å². The molecular weight excluding hydrogens is 454 g/mol. The van der Waals surface area contributed by atoms with E-state index in [9.17, 15) is 9.59 Å². The van der Waals surface area contributed by atoms with Crippen molar-refractivity contribution in [1.82, 2.24) is 4.90 Å². The van der Waals surface area contributed by atoms with Gasteiger partial charge in [0.15, 0.2) is 16.9 Å². The van der Waals surface area contributed by atoms with Crippen molar-refractivity contribution in [3.63, 3.8) is 0 Å². The van der Waals surface area contributed by atoms with Gasteiger partial charge in [-0.25, -0.2) is 0 Å². The van der Waals surface area contributed by atoms with Crippen molar-refractivity contribution < 1.29 is 18.7 Å². The first kappa shape index (κ1) is 23.7. The number of ether oxygens (including phenoxy) is 2. The summed E-state index contributed by atoms with van der Waals surface area (Å²) in [5, 5.41) is 0.485. The van der Waals surface area contributed by atoms with Gasteiger partial charge in [-0.05, 0) is 68.1 Å². The van der Waals surface area contributed by atoms with Crippen LogP contribution in [-0.2, 0) is 6.54 Å². The Hall–Kier alpha value is -4.06. The predicted molar refractivity (Wildman–Crippen MR) is 139 cm³/mol. The number of carbonyl (C=O) groups excluding carboxylic acids is 1. The van der Waals surface area contributed by atoms with Crippen LogP contribution in [0.15, 0.2) is 63.8 Å². The molecule has 0 bridgehead atoms. The Morgan fingerprint density at radius 1 is 0.917 bits per heavy atom. The fourth-order valence-corrected chi connectivity index (χ4v) is 5.00. The van der Waals surface area contributed by atoms with E-state index in [1.165, 1.54) is 0 Å². The molecule has 1 aliphatic rings. The fourth-order valence-electron chi connectivity index (χ4n) is 5.00. The molecule has 0 aliphatic carbocycles. The molecule has 1 unspecified atom stereocenters. The zero-order chi connectivity index (χ0) is 25.6. The number of hydrogen-bond acceptors (Lipinski definition) is 5. The van der Waals surface area contributed by atoms with Crippen molar-refractivity contribution >= 4 is 16.9 Å². The van der Waals surface area contributed by atoms with Crippen molar-refractivity contribution in [2.75, 3.05) is 13.7 Å². The van der Waals surface area contributed by atoms with Crippen LogP contribution in [0.5, 0.6) is 11.5 Å². The minimum absolute atomic E-state index is 0.101. The van der Waals surface area contributed by atoms with Gasteiger partial charge in [0.1, 0.15) is 5.58 Å². The van der Waals surface area contributed by atoms with Gasteiger partial charge in [-0.3, -0.25) is 9.59 Å². The SMILES string of the molecule is CCOc1ccc(C2c3c(oc4c(C)cc(C)cc4c3=O)C(=O)N2Cc2ccc(C)cc2)cc1OC. The average Bonchev–Trinajstić information content (AvgIpc) is 3.13. The number of aryl methyl sites for hydroxylation is 3. The maximum atomic E-state index is 13.9.